The van der Waals surface area contributed by atoms with Gasteiger partial charge < -0.3 is 0 Å². The summed E-state index contributed by atoms with van der Waals surface area (Å²) in [6, 6.07) is 0. The lowest BCUT2D eigenvalue weighted by atomic mass is 10.1. The van der Waals surface area contributed by atoms with Gasteiger partial charge in [0.05, 0.1) is 0 Å². The predicted molar refractivity (Wildman–Crippen MR) is 79.2 cm³/mol. The molecule has 0 rings (SSSR count). The van der Waals surface area contributed by atoms with Crippen LogP contribution in [0.2, 0.25) is 0 Å². The van der Waals surface area contributed by atoms with E-state index in [9.17, 15) is 4.79 Å². The first kappa shape index (κ1) is 16.0. The average Bonchev–Trinajstić information content (AvgIpc) is 2.34. The van der Waals surface area contributed by atoms with E-state index in [-0.39, 0.29) is 5.78 Å². The number of Topliss-reactive ketones (excluding diaryl/α,β-unsaturated/α-hetero) is 1. The van der Waals surface area contributed by atoms with Crippen LogP contribution < -0.4 is 0 Å². The summed E-state index contributed by atoms with van der Waals surface area (Å²) in [4.78, 5) is 11.8. The molecule has 1 nitrogen and oxygen atoms in total. The van der Waals surface area contributed by atoms with Gasteiger partial charge >= 0.3 is 0 Å². The highest BCUT2D eigenvalue weighted by Crippen LogP contribution is 2.10. The fraction of sp³-hybridized carbons (Fsp3) is 0.400. The maximum absolute atomic E-state index is 11.8. The molecule has 0 heterocycles. The normalized spacial score (nSPS) is 12.5. The van der Waals surface area contributed by atoms with Crippen LogP contribution in [0.3, 0.4) is 0 Å². The van der Waals surface area contributed by atoms with Crippen molar-refractivity contribution in [2.45, 2.75) is 33.1 Å². The van der Waals surface area contributed by atoms with E-state index in [1.807, 2.05) is 19.1 Å². The third-order valence-corrected chi connectivity index (χ3v) is 3.05. The van der Waals surface area contributed by atoms with Crippen molar-refractivity contribution in [3.8, 4) is 0 Å². The summed E-state index contributed by atoms with van der Waals surface area (Å²) in [6.07, 6.45) is 11.9. The Kier molecular flexibility index (Phi) is 10.8. The van der Waals surface area contributed by atoms with Crippen LogP contribution in [-0.4, -0.2) is 11.5 Å². The molecule has 0 aliphatic rings. The second-order valence-electron chi connectivity index (χ2n) is 3.52. The van der Waals surface area contributed by atoms with Crippen LogP contribution in [-0.2, 0) is 4.79 Å². The standard InChI is InChI=1S/C15H22OS/c1-4-7-10-14(6-3)15(16)11-9-13-17-12-8-5-2/h4,6-8,10,12H,1,5,9,11,13H2,2-3H3/b10-7-,12-8+,14-6+. The van der Waals surface area contributed by atoms with Gasteiger partial charge in [0.1, 0.15) is 0 Å². The number of rotatable bonds is 9. The van der Waals surface area contributed by atoms with E-state index in [0.29, 0.717) is 6.42 Å². The lowest BCUT2D eigenvalue weighted by Crippen LogP contribution is -2.00. The van der Waals surface area contributed by atoms with Crippen LogP contribution in [0.1, 0.15) is 33.1 Å². The topological polar surface area (TPSA) is 17.1 Å². The molecule has 0 aromatic carbocycles. The SMILES string of the molecule is C=C/C=C\C(=C/C)C(=O)CCCS/C=C/CC. The largest absolute Gasteiger partial charge is 0.294 e. The van der Waals surface area contributed by atoms with Gasteiger partial charge in [0.25, 0.3) is 0 Å². The van der Waals surface area contributed by atoms with Crippen molar-refractivity contribution in [2.75, 3.05) is 5.75 Å². The Hall–Kier alpha value is -1.02. The van der Waals surface area contributed by atoms with Gasteiger partial charge in [0.15, 0.2) is 5.78 Å². The van der Waals surface area contributed by atoms with E-state index in [1.54, 1.807) is 23.9 Å². The number of allylic oxidation sites excluding steroid dienone is 6. The molecule has 2 heteroatoms. The molecule has 0 N–H and O–H groups in total. The molecule has 0 aliphatic heterocycles. The van der Waals surface area contributed by atoms with Gasteiger partial charge in [-0.2, -0.15) is 0 Å². The number of hydrogen-bond acceptors (Lipinski definition) is 2. The monoisotopic (exact) mass is 250 g/mol. The van der Waals surface area contributed by atoms with E-state index < -0.39 is 0 Å². The van der Waals surface area contributed by atoms with Crippen molar-refractivity contribution >= 4 is 17.5 Å². The zero-order valence-corrected chi connectivity index (χ0v) is 11.6. The Morgan fingerprint density at radius 2 is 2.18 bits per heavy atom. The van der Waals surface area contributed by atoms with Crippen molar-refractivity contribution < 1.29 is 4.79 Å². The Morgan fingerprint density at radius 3 is 2.76 bits per heavy atom. The minimum Gasteiger partial charge on any atom is -0.294 e. The molecule has 0 bridgehead atoms. The summed E-state index contributed by atoms with van der Waals surface area (Å²) in [7, 11) is 0. The Bertz CT molecular complexity index is 311. The van der Waals surface area contributed by atoms with E-state index in [2.05, 4.69) is 25.0 Å². The minimum absolute atomic E-state index is 0.214. The minimum atomic E-state index is 0.214. The Morgan fingerprint density at radius 1 is 1.41 bits per heavy atom. The number of thioether (sulfide) groups is 1. The van der Waals surface area contributed by atoms with Crippen molar-refractivity contribution in [2.24, 2.45) is 0 Å². The number of hydrogen-bond donors (Lipinski definition) is 0. The van der Waals surface area contributed by atoms with Crippen LogP contribution in [0.15, 0.2) is 47.9 Å². The highest BCUT2D eigenvalue weighted by Gasteiger charge is 2.04. The number of carbonyl (C=O) groups is 1. The molecule has 0 aliphatic carbocycles. The van der Waals surface area contributed by atoms with Crippen molar-refractivity contribution in [3.05, 3.63) is 47.9 Å². The second-order valence-corrected chi connectivity index (χ2v) is 4.53. The fourth-order valence-electron chi connectivity index (χ4n) is 1.21. The molecule has 0 saturated carbocycles. The summed E-state index contributed by atoms with van der Waals surface area (Å²) in [5.74, 6) is 1.22. The third-order valence-electron chi connectivity index (χ3n) is 2.14. The first-order chi connectivity index (χ1) is 8.26. The third kappa shape index (κ3) is 8.75. The predicted octanol–water partition coefficient (Wildman–Crippen LogP) is 4.68. The van der Waals surface area contributed by atoms with Crippen LogP contribution in [0.4, 0.5) is 0 Å². The lowest BCUT2D eigenvalue weighted by molar-refractivity contribution is -0.115. The molecule has 0 aromatic heterocycles. The smallest absolute Gasteiger partial charge is 0.162 e. The van der Waals surface area contributed by atoms with E-state index in [4.69, 9.17) is 0 Å². The van der Waals surface area contributed by atoms with Crippen LogP contribution >= 0.6 is 11.8 Å². The van der Waals surface area contributed by atoms with Crippen LogP contribution in [0, 0.1) is 0 Å². The van der Waals surface area contributed by atoms with Gasteiger partial charge in [-0.05, 0) is 30.9 Å². The molecule has 0 radical (unpaired) electrons. The van der Waals surface area contributed by atoms with Gasteiger partial charge in [-0.3, -0.25) is 4.79 Å². The molecule has 0 atom stereocenters. The van der Waals surface area contributed by atoms with E-state index in [0.717, 1.165) is 24.2 Å². The molecule has 94 valence electrons. The molecule has 0 amide bonds. The molecule has 0 saturated heterocycles. The maximum Gasteiger partial charge on any atom is 0.162 e. The Balaban J connectivity index is 3.88. The summed E-state index contributed by atoms with van der Waals surface area (Å²) in [5, 5.41) is 2.11. The Labute approximate surface area is 109 Å². The van der Waals surface area contributed by atoms with Crippen molar-refractivity contribution in [1.29, 1.82) is 0 Å². The number of ketones is 1. The first-order valence-corrected chi connectivity index (χ1v) is 7.06. The summed E-state index contributed by atoms with van der Waals surface area (Å²) < 4.78 is 0. The van der Waals surface area contributed by atoms with Crippen molar-refractivity contribution in [3.63, 3.8) is 0 Å². The molecule has 0 aromatic rings. The lowest BCUT2D eigenvalue weighted by Gasteiger charge is -2.00. The molecule has 0 spiro atoms. The highest BCUT2D eigenvalue weighted by atomic mass is 32.2. The zero-order chi connectivity index (χ0) is 12.9. The summed E-state index contributed by atoms with van der Waals surface area (Å²) in [6.45, 7) is 7.60. The van der Waals surface area contributed by atoms with Gasteiger partial charge in [-0.15, -0.1) is 11.8 Å². The number of carbonyl (C=O) groups excluding carboxylic acids is 1. The molecule has 0 unspecified atom stereocenters. The van der Waals surface area contributed by atoms with Gasteiger partial charge in [0, 0.05) is 12.0 Å². The fourth-order valence-corrected chi connectivity index (χ4v) is 1.99. The maximum atomic E-state index is 11.8. The van der Waals surface area contributed by atoms with E-state index in [1.165, 1.54) is 0 Å². The summed E-state index contributed by atoms with van der Waals surface area (Å²) >= 11 is 1.77. The molecule has 17 heavy (non-hydrogen) atoms. The van der Waals surface area contributed by atoms with Gasteiger partial charge in [-0.25, -0.2) is 0 Å². The first-order valence-electron chi connectivity index (χ1n) is 6.01. The van der Waals surface area contributed by atoms with E-state index >= 15 is 0 Å². The average molecular weight is 250 g/mol. The summed E-state index contributed by atoms with van der Waals surface area (Å²) in [5.41, 5.74) is 0.777. The zero-order valence-electron chi connectivity index (χ0n) is 10.8. The molecular formula is C15H22OS. The van der Waals surface area contributed by atoms with Crippen LogP contribution in [0.5, 0.6) is 0 Å². The van der Waals surface area contributed by atoms with Crippen LogP contribution in [0.25, 0.3) is 0 Å². The second kappa shape index (κ2) is 11.5. The quantitative estimate of drug-likeness (QED) is 0.336. The van der Waals surface area contributed by atoms with Gasteiger partial charge in [0.2, 0.25) is 0 Å². The molecule has 0 fully saturated rings. The van der Waals surface area contributed by atoms with Crippen molar-refractivity contribution in [1.82, 2.24) is 0 Å². The highest BCUT2D eigenvalue weighted by molar-refractivity contribution is 8.02. The molecular weight excluding hydrogens is 228 g/mol. The van der Waals surface area contributed by atoms with Gasteiger partial charge in [-0.1, -0.05) is 43.9 Å².